The molecule has 1 aromatic carbocycles. The van der Waals surface area contributed by atoms with Crippen molar-refractivity contribution in [1.82, 2.24) is 5.16 Å². The summed E-state index contributed by atoms with van der Waals surface area (Å²) < 4.78 is 5.11. The van der Waals surface area contributed by atoms with Crippen molar-refractivity contribution in [2.24, 2.45) is 0 Å². The van der Waals surface area contributed by atoms with E-state index < -0.39 is 0 Å². The molecule has 3 heteroatoms. The zero-order valence-corrected chi connectivity index (χ0v) is 9.36. The monoisotopic (exact) mass is 215 g/mol. The van der Waals surface area contributed by atoms with Crippen LogP contribution in [0.4, 0.5) is 0 Å². The van der Waals surface area contributed by atoms with Gasteiger partial charge in [0.05, 0.1) is 0 Å². The van der Waals surface area contributed by atoms with E-state index in [2.05, 4.69) is 12.1 Å². The maximum atomic E-state index is 11.1. The van der Waals surface area contributed by atoms with Gasteiger partial charge < -0.3 is 4.52 Å². The molecule has 0 saturated heterocycles. The normalized spacial score (nSPS) is 10.4. The van der Waals surface area contributed by atoms with Gasteiger partial charge in [0.1, 0.15) is 5.69 Å². The number of hydrogen-bond acceptors (Lipinski definition) is 3. The predicted molar refractivity (Wildman–Crippen MR) is 61.3 cm³/mol. The second-order valence-corrected chi connectivity index (χ2v) is 3.68. The van der Waals surface area contributed by atoms with Crippen LogP contribution in [0.1, 0.15) is 29.9 Å². The maximum Gasteiger partial charge on any atom is 0.181 e. The fourth-order valence-corrected chi connectivity index (χ4v) is 1.48. The Morgan fingerprint density at radius 2 is 2.00 bits per heavy atom. The van der Waals surface area contributed by atoms with E-state index >= 15 is 0 Å². The Bertz CT molecular complexity index is 497. The van der Waals surface area contributed by atoms with Gasteiger partial charge in [0.2, 0.25) is 0 Å². The molecule has 1 aromatic heterocycles. The minimum Gasteiger partial charge on any atom is -0.356 e. The zero-order chi connectivity index (χ0) is 11.5. The van der Waals surface area contributed by atoms with E-state index in [4.69, 9.17) is 4.52 Å². The number of Topliss-reactive ketones (excluding diaryl/α,β-unsaturated/α-hetero) is 1. The Morgan fingerprint density at radius 3 is 2.50 bits per heavy atom. The van der Waals surface area contributed by atoms with Gasteiger partial charge in [0.15, 0.2) is 11.5 Å². The highest BCUT2D eigenvalue weighted by Gasteiger charge is 2.09. The van der Waals surface area contributed by atoms with Crippen LogP contribution in [0.25, 0.3) is 11.3 Å². The van der Waals surface area contributed by atoms with Crippen LogP contribution < -0.4 is 0 Å². The summed E-state index contributed by atoms with van der Waals surface area (Å²) in [6.45, 7) is 3.58. The van der Waals surface area contributed by atoms with E-state index in [0.717, 1.165) is 12.0 Å². The number of nitrogens with zero attached hydrogens (tertiary/aromatic N) is 1. The molecule has 2 rings (SSSR count). The summed E-state index contributed by atoms with van der Waals surface area (Å²) in [7, 11) is 0. The molecule has 0 unspecified atom stereocenters. The number of benzene rings is 1. The fraction of sp³-hybridized carbons (Fsp3) is 0.231. The Labute approximate surface area is 94.1 Å². The molecule has 0 N–H and O–H groups in total. The lowest BCUT2D eigenvalue weighted by Gasteiger charge is -1.97. The summed E-state index contributed by atoms with van der Waals surface area (Å²) in [6, 6.07) is 9.71. The van der Waals surface area contributed by atoms with Crippen molar-refractivity contribution in [3.05, 3.63) is 41.6 Å². The summed E-state index contributed by atoms with van der Waals surface area (Å²) in [5.41, 5.74) is 2.59. The largest absolute Gasteiger partial charge is 0.356 e. The van der Waals surface area contributed by atoms with Crippen LogP contribution >= 0.6 is 0 Å². The third kappa shape index (κ3) is 2.03. The molecule has 0 atom stereocenters. The molecule has 2 aromatic rings. The van der Waals surface area contributed by atoms with E-state index in [1.165, 1.54) is 12.5 Å². The molecule has 16 heavy (non-hydrogen) atoms. The molecule has 0 amide bonds. The summed E-state index contributed by atoms with van der Waals surface area (Å²) in [4.78, 5) is 11.1. The van der Waals surface area contributed by atoms with Gasteiger partial charge in [-0.3, -0.25) is 4.79 Å². The first kappa shape index (κ1) is 10.6. The Morgan fingerprint density at radius 1 is 1.31 bits per heavy atom. The number of ketones is 1. The van der Waals surface area contributed by atoms with E-state index in [1.807, 2.05) is 24.3 Å². The van der Waals surface area contributed by atoms with E-state index in [0.29, 0.717) is 11.5 Å². The van der Waals surface area contributed by atoms with Crippen LogP contribution in [0.15, 0.2) is 34.9 Å². The third-order valence-electron chi connectivity index (χ3n) is 2.52. The van der Waals surface area contributed by atoms with Crippen molar-refractivity contribution in [3.63, 3.8) is 0 Å². The van der Waals surface area contributed by atoms with Gasteiger partial charge in [-0.1, -0.05) is 36.3 Å². The van der Waals surface area contributed by atoms with Gasteiger partial charge >= 0.3 is 0 Å². The molecule has 0 aliphatic carbocycles. The highest BCUT2D eigenvalue weighted by molar-refractivity contribution is 5.92. The van der Waals surface area contributed by atoms with Gasteiger partial charge in [0.25, 0.3) is 0 Å². The van der Waals surface area contributed by atoms with Crippen LogP contribution in [0.3, 0.4) is 0 Å². The topological polar surface area (TPSA) is 43.1 Å². The molecular formula is C13H13NO2. The van der Waals surface area contributed by atoms with Gasteiger partial charge in [-0.25, -0.2) is 0 Å². The molecule has 0 bridgehead atoms. The van der Waals surface area contributed by atoms with Crippen molar-refractivity contribution in [1.29, 1.82) is 0 Å². The van der Waals surface area contributed by atoms with Crippen LogP contribution in [0.5, 0.6) is 0 Å². The van der Waals surface area contributed by atoms with Gasteiger partial charge in [-0.15, -0.1) is 0 Å². The second-order valence-electron chi connectivity index (χ2n) is 3.68. The van der Waals surface area contributed by atoms with Gasteiger partial charge in [0, 0.05) is 18.6 Å². The quantitative estimate of drug-likeness (QED) is 0.739. The second kappa shape index (κ2) is 4.31. The lowest BCUT2D eigenvalue weighted by Crippen LogP contribution is -1.89. The van der Waals surface area contributed by atoms with E-state index in [9.17, 15) is 4.79 Å². The van der Waals surface area contributed by atoms with Gasteiger partial charge in [-0.05, 0) is 12.0 Å². The standard InChI is InChI=1S/C13H13NO2/c1-3-10-4-6-11(7-5-10)13-8-12(9(2)15)14-16-13/h4-8H,3H2,1-2H3. The predicted octanol–water partition coefficient (Wildman–Crippen LogP) is 3.11. The summed E-state index contributed by atoms with van der Waals surface area (Å²) in [5.74, 6) is 0.549. The van der Waals surface area contributed by atoms with Gasteiger partial charge in [-0.2, -0.15) is 0 Å². The highest BCUT2D eigenvalue weighted by atomic mass is 16.5. The average Bonchev–Trinajstić information content (AvgIpc) is 2.78. The number of carbonyl (C=O) groups excluding carboxylic acids is 1. The lowest BCUT2D eigenvalue weighted by molar-refractivity contribution is 0.100. The SMILES string of the molecule is CCc1ccc(-c2cc(C(C)=O)no2)cc1. The number of aryl methyl sites for hydroxylation is 1. The summed E-state index contributed by atoms with van der Waals surface area (Å²) in [5, 5.41) is 3.71. The molecule has 1 heterocycles. The van der Waals surface area contributed by atoms with Crippen molar-refractivity contribution in [2.75, 3.05) is 0 Å². The Balaban J connectivity index is 2.31. The van der Waals surface area contributed by atoms with Crippen molar-refractivity contribution >= 4 is 5.78 Å². The molecular weight excluding hydrogens is 202 g/mol. The van der Waals surface area contributed by atoms with E-state index in [-0.39, 0.29) is 5.78 Å². The number of carbonyl (C=O) groups is 1. The number of rotatable bonds is 3. The Hall–Kier alpha value is -1.90. The number of hydrogen-bond donors (Lipinski definition) is 0. The van der Waals surface area contributed by atoms with Crippen LogP contribution in [-0.4, -0.2) is 10.9 Å². The molecule has 82 valence electrons. The van der Waals surface area contributed by atoms with Crippen LogP contribution in [-0.2, 0) is 6.42 Å². The zero-order valence-electron chi connectivity index (χ0n) is 9.36. The minimum absolute atomic E-state index is 0.0832. The number of aromatic nitrogens is 1. The molecule has 0 spiro atoms. The first-order valence-corrected chi connectivity index (χ1v) is 5.27. The average molecular weight is 215 g/mol. The molecule has 0 aliphatic heterocycles. The molecule has 0 radical (unpaired) electrons. The van der Waals surface area contributed by atoms with E-state index in [1.54, 1.807) is 6.07 Å². The maximum absolute atomic E-state index is 11.1. The lowest BCUT2D eigenvalue weighted by atomic mass is 10.1. The molecule has 3 nitrogen and oxygen atoms in total. The van der Waals surface area contributed by atoms with Crippen molar-refractivity contribution in [3.8, 4) is 11.3 Å². The van der Waals surface area contributed by atoms with Crippen molar-refractivity contribution < 1.29 is 9.32 Å². The summed E-state index contributed by atoms with van der Waals surface area (Å²) >= 11 is 0. The highest BCUT2D eigenvalue weighted by Crippen LogP contribution is 2.21. The summed E-state index contributed by atoms with van der Waals surface area (Å²) in [6.07, 6.45) is 1.01. The first-order chi connectivity index (χ1) is 7.70. The third-order valence-corrected chi connectivity index (χ3v) is 2.52. The minimum atomic E-state index is -0.0832. The smallest absolute Gasteiger partial charge is 0.181 e. The first-order valence-electron chi connectivity index (χ1n) is 5.27. The van der Waals surface area contributed by atoms with Crippen LogP contribution in [0.2, 0.25) is 0 Å². The molecule has 0 fully saturated rings. The van der Waals surface area contributed by atoms with Crippen LogP contribution in [0, 0.1) is 0 Å². The molecule has 0 aliphatic rings. The molecule has 0 saturated carbocycles. The Kier molecular flexibility index (Phi) is 2.86. The fourth-order valence-electron chi connectivity index (χ4n) is 1.48. The van der Waals surface area contributed by atoms with Crippen molar-refractivity contribution in [2.45, 2.75) is 20.3 Å².